The molecule has 56 heavy (non-hydrogen) atoms. The number of fused-ring (bicyclic) bond motifs is 6. The van der Waals surface area contributed by atoms with Gasteiger partial charge in [-0.25, -0.2) is 15.0 Å². The average molecular weight is 734 g/mol. The molecule has 0 aliphatic heterocycles. The summed E-state index contributed by atoms with van der Waals surface area (Å²) in [6.45, 7) is 0. The molecule has 0 spiro atoms. The van der Waals surface area contributed by atoms with E-state index in [1.54, 1.807) is 0 Å². The Morgan fingerprint density at radius 1 is 0.339 bits per heavy atom. The quantitative estimate of drug-likeness (QED) is 0.171. The molecule has 11 rings (SSSR count). The second-order valence-electron chi connectivity index (χ2n) is 14.0. The lowest BCUT2D eigenvalue weighted by atomic mass is 9.97. The van der Waals surface area contributed by atoms with Crippen LogP contribution in [0.1, 0.15) is 0 Å². The average Bonchev–Trinajstić information content (AvgIpc) is 3.85. The lowest BCUT2D eigenvalue weighted by Gasteiger charge is -2.12. The summed E-state index contributed by atoms with van der Waals surface area (Å²) in [6.07, 6.45) is 0. The van der Waals surface area contributed by atoms with Crippen LogP contribution in [0.15, 0.2) is 192 Å². The highest BCUT2D eigenvalue weighted by molar-refractivity contribution is 7.25. The number of aromatic nitrogens is 3. The maximum Gasteiger partial charge on any atom is 0.164 e. The molecule has 4 nitrogen and oxygen atoms in total. The van der Waals surface area contributed by atoms with Crippen LogP contribution in [-0.4, -0.2) is 15.0 Å². The van der Waals surface area contributed by atoms with E-state index in [0.717, 1.165) is 72.0 Å². The summed E-state index contributed by atoms with van der Waals surface area (Å²) >= 11 is 1.82. The normalized spacial score (nSPS) is 11.6. The van der Waals surface area contributed by atoms with Crippen LogP contribution in [0.25, 0.3) is 110 Å². The molecule has 11 aromatic rings. The Balaban J connectivity index is 1.13. The highest BCUT2D eigenvalue weighted by Crippen LogP contribution is 2.43. The lowest BCUT2D eigenvalue weighted by molar-refractivity contribution is 0.670. The number of thiophene rings is 1. The van der Waals surface area contributed by atoms with Gasteiger partial charge < -0.3 is 4.42 Å². The molecule has 0 radical (unpaired) electrons. The van der Waals surface area contributed by atoms with Gasteiger partial charge in [-0.2, -0.15) is 0 Å². The fraction of sp³-hybridized carbons (Fsp3) is 0. The van der Waals surface area contributed by atoms with Gasteiger partial charge in [0.1, 0.15) is 11.2 Å². The zero-order valence-electron chi connectivity index (χ0n) is 30.1. The van der Waals surface area contributed by atoms with Gasteiger partial charge in [0.05, 0.1) is 0 Å². The number of hydrogen-bond acceptors (Lipinski definition) is 5. The van der Waals surface area contributed by atoms with Crippen molar-refractivity contribution in [2.45, 2.75) is 0 Å². The molecular formula is C51H31N3OS. The van der Waals surface area contributed by atoms with E-state index in [1.807, 2.05) is 35.6 Å². The summed E-state index contributed by atoms with van der Waals surface area (Å²) in [6, 6.07) is 65.6. The van der Waals surface area contributed by atoms with Gasteiger partial charge in [-0.05, 0) is 70.3 Å². The van der Waals surface area contributed by atoms with Gasteiger partial charge in [-0.3, -0.25) is 0 Å². The molecule has 3 aromatic heterocycles. The summed E-state index contributed by atoms with van der Waals surface area (Å²) in [5, 5.41) is 4.55. The first kappa shape index (κ1) is 32.2. The van der Waals surface area contributed by atoms with Crippen molar-refractivity contribution in [2.75, 3.05) is 0 Å². The summed E-state index contributed by atoms with van der Waals surface area (Å²) in [5.41, 5.74) is 10.9. The van der Waals surface area contributed by atoms with Crippen molar-refractivity contribution < 1.29 is 4.42 Å². The fourth-order valence-corrected chi connectivity index (χ4v) is 8.97. The van der Waals surface area contributed by atoms with Crippen LogP contribution in [0.5, 0.6) is 0 Å². The number of nitrogens with zero attached hydrogens (tertiary/aromatic N) is 3. The van der Waals surface area contributed by atoms with Crippen molar-refractivity contribution in [3.8, 4) is 67.5 Å². The van der Waals surface area contributed by atoms with E-state index in [1.165, 1.54) is 20.2 Å². The summed E-state index contributed by atoms with van der Waals surface area (Å²) in [7, 11) is 0. The topological polar surface area (TPSA) is 51.8 Å². The summed E-state index contributed by atoms with van der Waals surface area (Å²) in [5.74, 6) is 1.80. The van der Waals surface area contributed by atoms with Gasteiger partial charge in [0.25, 0.3) is 0 Å². The Hall–Kier alpha value is -7.21. The molecule has 0 unspecified atom stereocenters. The fourth-order valence-electron chi connectivity index (χ4n) is 7.83. The Morgan fingerprint density at radius 2 is 0.875 bits per heavy atom. The van der Waals surface area contributed by atoms with Crippen molar-refractivity contribution >= 4 is 53.4 Å². The van der Waals surface area contributed by atoms with E-state index in [2.05, 4.69) is 164 Å². The molecule has 0 aliphatic rings. The van der Waals surface area contributed by atoms with E-state index in [4.69, 9.17) is 19.4 Å². The van der Waals surface area contributed by atoms with Crippen molar-refractivity contribution in [3.63, 3.8) is 0 Å². The minimum atomic E-state index is 0.586. The van der Waals surface area contributed by atoms with E-state index < -0.39 is 0 Å². The van der Waals surface area contributed by atoms with Crippen LogP contribution >= 0.6 is 11.3 Å². The molecule has 0 atom stereocenters. The SMILES string of the molecule is c1ccc(-c2cccc(-c3nc(-c4cccc(-c5ccccc5)c4)nc(-c4ccc(-c5ccc6c(c5)sc5ccccc56)c5oc6ccccc6c45)n3)c2)cc1. The molecule has 0 N–H and O–H groups in total. The van der Waals surface area contributed by atoms with E-state index in [9.17, 15) is 0 Å². The minimum absolute atomic E-state index is 0.586. The Labute approximate surface area is 327 Å². The first-order chi connectivity index (χ1) is 27.7. The van der Waals surface area contributed by atoms with E-state index >= 15 is 0 Å². The summed E-state index contributed by atoms with van der Waals surface area (Å²) in [4.78, 5) is 15.7. The molecule has 0 saturated heterocycles. The summed E-state index contributed by atoms with van der Waals surface area (Å²) < 4.78 is 9.30. The van der Waals surface area contributed by atoms with E-state index in [0.29, 0.717) is 17.5 Å². The third-order valence-electron chi connectivity index (χ3n) is 10.5. The second-order valence-corrected chi connectivity index (χ2v) is 15.1. The van der Waals surface area contributed by atoms with Crippen LogP contribution in [0.3, 0.4) is 0 Å². The molecule has 5 heteroatoms. The Kier molecular flexibility index (Phi) is 7.64. The van der Waals surface area contributed by atoms with Crippen molar-refractivity contribution in [3.05, 3.63) is 188 Å². The van der Waals surface area contributed by atoms with Gasteiger partial charge in [0.2, 0.25) is 0 Å². The monoisotopic (exact) mass is 733 g/mol. The van der Waals surface area contributed by atoms with Crippen LogP contribution in [0, 0.1) is 0 Å². The maximum absolute atomic E-state index is 6.76. The van der Waals surface area contributed by atoms with Crippen molar-refractivity contribution in [1.29, 1.82) is 0 Å². The predicted molar refractivity (Wildman–Crippen MR) is 233 cm³/mol. The zero-order chi connectivity index (χ0) is 37.0. The Morgan fingerprint density at radius 3 is 1.57 bits per heavy atom. The Bertz CT molecular complexity index is 3160. The minimum Gasteiger partial charge on any atom is -0.455 e. The highest BCUT2D eigenvalue weighted by Gasteiger charge is 2.21. The maximum atomic E-state index is 6.76. The molecule has 0 aliphatic carbocycles. The van der Waals surface area contributed by atoms with Crippen molar-refractivity contribution in [2.24, 2.45) is 0 Å². The number of rotatable bonds is 6. The number of para-hydroxylation sites is 1. The molecule has 8 aromatic carbocycles. The number of benzene rings is 8. The van der Waals surface area contributed by atoms with Gasteiger partial charge in [0, 0.05) is 53.2 Å². The first-order valence-electron chi connectivity index (χ1n) is 18.7. The standard InChI is InChI=1S/C51H31N3OS/c1-3-13-32(14-4-1)34-17-11-19-37(29-34)49-52-50(38-20-12-18-35(30-38)33-15-5-2-6-16-33)54-51(53-49)43-28-27-39(48-47(43)42-22-7-9-23-44(42)55-48)36-25-26-41-40-21-8-10-24-45(40)56-46(41)31-36/h1-31H. The van der Waals surface area contributed by atoms with Gasteiger partial charge in [-0.1, -0.05) is 146 Å². The van der Waals surface area contributed by atoms with Crippen LogP contribution in [0.2, 0.25) is 0 Å². The van der Waals surface area contributed by atoms with Gasteiger partial charge in [0.15, 0.2) is 17.5 Å². The molecule has 0 fully saturated rings. The van der Waals surface area contributed by atoms with E-state index in [-0.39, 0.29) is 0 Å². The van der Waals surface area contributed by atoms with Crippen molar-refractivity contribution in [1.82, 2.24) is 15.0 Å². The molecule has 0 bridgehead atoms. The first-order valence-corrected chi connectivity index (χ1v) is 19.5. The third kappa shape index (κ3) is 5.56. The predicted octanol–water partition coefficient (Wildman–Crippen LogP) is 14.1. The number of furan rings is 1. The molecular weight excluding hydrogens is 703 g/mol. The van der Waals surface area contributed by atoms with Gasteiger partial charge >= 0.3 is 0 Å². The molecule has 3 heterocycles. The zero-order valence-corrected chi connectivity index (χ0v) is 30.9. The molecule has 0 amide bonds. The lowest BCUT2D eigenvalue weighted by Crippen LogP contribution is -2.01. The van der Waals surface area contributed by atoms with Crippen LogP contribution in [0.4, 0.5) is 0 Å². The molecule has 262 valence electrons. The van der Waals surface area contributed by atoms with Gasteiger partial charge in [-0.15, -0.1) is 11.3 Å². The smallest absolute Gasteiger partial charge is 0.164 e. The molecule has 0 saturated carbocycles. The van der Waals surface area contributed by atoms with Crippen LogP contribution in [-0.2, 0) is 0 Å². The third-order valence-corrected chi connectivity index (χ3v) is 11.7. The largest absolute Gasteiger partial charge is 0.455 e. The highest BCUT2D eigenvalue weighted by atomic mass is 32.1. The van der Waals surface area contributed by atoms with Crippen LogP contribution < -0.4 is 0 Å². The number of hydrogen-bond donors (Lipinski definition) is 0. The second kappa shape index (κ2) is 13.3.